The highest BCUT2D eigenvalue weighted by Crippen LogP contribution is 2.68. The second kappa shape index (κ2) is 8.26. The molecule has 0 radical (unpaired) electrons. The number of carbonyl (C=O) groups is 1. The van der Waals surface area contributed by atoms with E-state index >= 15 is 0 Å². The Morgan fingerprint density at radius 1 is 1.07 bits per heavy atom. The molecule has 4 rings (SSSR count). The molecule has 0 amide bonds. The number of fused-ring (bicyclic) bond motifs is 5. The lowest BCUT2D eigenvalue weighted by molar-refractivity contribution is -0.164. The van der Waals surface area contributed by atoms with Crippen LogP contribution in [0.15, 0.2) is 12.2 Å². The summed E-state index contributed by atoms with van der Waals surface area (Å²) in [6, 6.07) is 0. The molecule has 4 saturated carbocycles. The van der Waals surface area contributed by atoms with Crippen molar-refractivity contribution < 1.29 is 15.0 Å². The quantitative estimate of drug-likeness (QED) is 0.489. The Bertz CT molecular complexity index is 671. The van der Waals surface area contributed by atoms with Gasteiger partial charge in [0.25, 0.3) is 0 Å². The molecule has 4 aliphatic rings. The number of hydrogen-bond acceptors (Lipinski definition) is 2. The van der Waals surface area contributed by atoms with Crippen LogP contribution in [0.4, 0.5) is 0 Å². The molecule has 0 spiro atoms. The van der Waals surface area contributed by atoms with E-state index in [1.54, 1.807) is 0 Å². The van der Waals surface area contributed by atoms with Gasteiger partial charge in [0.15, 0.2) is 0 Å². The Morgan fingerprint density at radius 3 is 2.53 bits per heavy atom. The molecule has 0 aromatic carbocycles. The smallest absolute Gasteiger partial charge is 0.330 e. The molecule has 4 aliphatic carbocycles. The van der Waals surface area contributed by atoms with Crippen LogP contribution in [0.1, 0.15) is 97.8 Å². The van der Waals surface area contributed by atoms with Gasteiger partial charge in [-0.05, 0) is 104 Å². The molecule has 0 aliphatic heterocycles. The van der Waals surface area contributed by atoms with E-state index in [0.29, 0.717) is 46.5 Å². The SMILES string of the molecule is C=C(CCC[C@@H](C)[C@H]1CC[C@H]2[C@@H]3C(O)CC4CCCC[C@]4(C)[C@H]3CC[C@]12C)C(=O)O. The minimum Gasteiger partial charge on any atom is -0.478 e. The summed E-state index contributed by atoms with van der Waals surface area (Å²) < 4.78 is 0. The lowest BCUT2D eigenvalue weighted by Gasteiger charge is -2.62. The standard InChI is InChI=1S/C27H44O3/c1-17(8-7-9-18(2)25(29)30)20-11-12-21-24-22(13-15-27(20,21)4)26(3)14-6-5-10-19(26)16-23(24)28/h17,19-24,28H,2,5-16H2,1,3-4H3,(H,29,30)/t17-,19?,20-,21+,22+,23?,24+,26+,27-/m1/s1. The summed E-state index contributed by atoms with van der Waals surface area (Å²) in [4.78, 5) is 11.0. The van der Waals surface area contributed by atoms with Gasteiger partial charge >= 0.3 is 5.97 Å². The maximum absolute atomic E-state index is 11.3. The van der Waals surface area contributed by atoms with Crippen molar-refractivity contribution >= 4 is 5.97 Å². The van der Waals surface area contributed by atoms with Gasteiger partial charge in [-0.1, -0.05) is 46.6 Å². The highest BCUT2D eigenvalue weighted by molar-refractivity contribution is 5.85. The zero-order valence-electron chi connectivity index (χ0n) is 19.5. The molecule has 30 heavy (non-hydrogen) atoms. The highest BCUT2D eigenvalue weighted by atomic mass is 16.4. The van der Waals surface area contributed by atoms with E-state index in [-0.39, 0.29) is 6.10 Å². The van der Waals surface area contributed by atoms with Gasteiger partial charge in [-0.2, -0.15) is 0 Å². The van der Waals surface area contributed by atoms with Crippen LogP contribution in [-0.2, 0) is 4.79 Å². The van der Waals surface area contributed by atoms with Crippen LogP contribution in [-0.4, -0.2) is 22.3 Å². The summed E-state index contributed by atoms with van der Waals surface area (Å²) in [6.07, 6.45) is 14.2. The lowest BCUT2D eigenvalue weighted by atomic mass is 9.44. The molecule has 9 atom stereocenters. The van der Waals surface area contributed by atoms with Crippen molar-refractivity contribution in [2.24, 2.45) is 46.3 Å². The van der Waals surface area contributed by atoms with Crippen molar-refractivity contribution in [2.45, 2.75) is 104 Å². The van der Waals surface area contributed by atoms with Gasteiger partial charge in [0.2, 0.25) is 0 Å². The van der Waals surface area contributed by atoms with Crippen molar-refractivity contribution in [3.63, 3.8) is 0 Å². The maximum atomic E-state index is 11.3. The van der Waals surface area contributed by atoms with Crippen molar-refractivity contribution in [1.82, 2.24) is 0 Å². The fraction of sp³-hybridized carbons (Fsp3) is 0.889. The van der Waals surface area contributed by atoms with Gasteiger partial charge in [-0.15, -0.1) is 0 Å². The third-order valence-corrected chi connectivity index (χ3v) is 10.8. The first-order valence-corrected chi connectivity index (χ1v) is 12.8. The van der Waals surface area contributed by atoms with Crippen LogP contribution < -0.4 is 0 Å². The van der Waals surface area contributed by atoms with Crippen molar-refractivity contribution in [1.29, 1.82) is 0 Å². The normalized spacial score (nSPS) is 46.4. The van der Waals surface area contributed by atoms with Crippen molar-refractivity contribution in [3.8, 4) is 0 Å². The maximum Gasteiger partial charge on any atom is 0.330 e. The van der Waals surface area contributed by atoms with Gasteiger partial charge < -0.3 is 10.2 Å². The number of carboxylic acids is 1. The lowest BCUT2D eigenvalue weighted by Crippen LogP contribution is -2.57. The molecule has 0 bridgehead atoms. The molecule has 0 saturated heterocycles. The monoisotopic (exact) mass is 416 g/mol. The Hall–Kier alpha value is -0.830. The highest BCUT2D eigenvalue weighted by Gasteiger charge is 2.62. The number of rotatable bonds is 6. The predicted molar refractivity (Wildman–Crippen MR) is 121 cm³/mol. The molecular formula is C27H44O3. The second-order valence-electron chi connectivity index (χ2n) is 12.0. The molecule has 3 heteroatoms. The third kappa shape index (κ3) is 3.57. The molecule has 0 heterocycles. The predicted octanol–water partition coefficient (Wildman–Crippen LogP) is 6.45. The largest absolute Gasteiger partial charge is 0.478 e. The topological polar surface area (TPSA) is 57.5 Å². The van der Waals surface area contributed by atoms with Crippen LogP contribution in [0.5, 0.6) is 0 Å². The van der Waals surface area contributed by atoms with Crippen LogP contribution >= 0.6 is 0 Å². The van der Waals surface area contributed by atoms with E-state index in [4.69, 9.17) is 5.11 Å². The summed E-state index contributed by atoms with van der Waals surface area (Å²) in [7, 11) is 0. The summed E-state index contributed by atoms with van der Waals surface area (Å²) in [5, 5.41) is 20.4. The van der Waals surface area contributed by atoms with E-state index in [2.05, 4.69) is 27.4 Å². The van der Waals surface area contributed by atoms with Crippen molar-refractivity contribution in [3.05, 3.63) is 12.2 Å². The van der Waals surface area contributed by atoms with Crippen molar-refractivity contribution in [2.75, 3.05) is 0 Å². The third-order valence-electron chi connectivity index (χ3n) is 10.8. The molecule has 2 unspecified atom stereocenters. The molecule has 0 aromatic rings. The summed E-state index contributed by atoms with van der Waals surface area (Å²) in [6.45, 7) is 11.2. The molecule has 2 N–H and O–H groups in total. The zero-order valence-corrected chi connectivity index (χ0v) is 19.5. The molecular weight excluding hydrogens is 372 g/mol. The fourth-order valence-corrected chi connectivity index (χ4v) is 9.18. The van der Waals surface area contributed by atoms with Crippen LogP contribution in [0.25, 0.3) is 0 Å². The number of hydrogen-bond donors (Lipinski definition) is 2. The van der Waals surface area contributed by atoms with E-state index in [9.17, 15) is 9.90 Å². The van der Waals surface area contributed by atoms with E-state index in [0.717, 1.165) is 31.1 Å². The van der Waals surface area contributed by atoms with Gasteiger partial charge in [0.1, 0.15) is 0 Å². The summed E-state index contributed by atoms with van der Waals surface area (Å²) in [5.41, 5.74) is 1.16. The van der Waals surface area contributed by atoms with Gasteiger partial charge in [0, 0.05) is 5.57 Å². The summed E-state index contributed by atoms with van der Waals surface area (Å²) in [5.74, 6) is 3.12. The molecule has 170 valence electrons. The van der Waals surface area contributed by atoms with E-state index in [1.165, 1.54) is 51.4 Å². The first-order valence-electron chi connectivity index (χ1n) is 12.8. The first-order chi connectivity index (χ1) is 14.2. The van der Waals surface area contributed by atoms with Gasteiger partial charge in [-0.3, -0.25) is 0 Å². The number of aliphatic hydroxyl groups excluding tert-OH is 1. The Kier molecular flexibility index (Phi) is 6.16. The van der Waals surface area contributed by atoms with E-state index < -0.39 is 5.97 Å². The van der Waals surface area contributed by atoms with Crippen LogP contribution in [0.3, 0.4) is 0 Å². The Balaban J connectivity index is 1.46. The number of aliphatic hydroxyl groups is 1. The molecule has 0 aromatic heterocycles. The Labute approximate surface area is 183 Å². The first kappa shape index (κ1) is 22.4. The van der Waals surface area contributed by atoms with Gasteiger partial charge in [0.05, 0.1) is 6.10 Å². The number of carboxylic acid groups (broad SMARTS) is 1. The van der Waals surface area contributed by atoms with Crippen LogP contribution in [0, 0.1) is 46.3 Å². The average Bonchev–Trinajstić information content (AvgIpc) is 3.05. The minimum absolute atomic E-state index is 0.0938. The minimum atomic E-state index is -0.852. The number of aliphatic carboxylic acids is 1. The molecule has 3 nitrogen and oxygen atoms in total. The van der Waals surface area contributed by atoms with Gasteiger partial charge in [-0.25, -0.2) is 4.79 Å². The summed E-state index contributed by atoms with van der Waals surface area (Å²) >= 11 is 0. The van der Waals surface area contributed by atoms with Crippen LogP contribution in [0.2, 0.25) is 0 Å². The average molecular weight is 417 g/mol. The fourth-order valence-electron chi connectivity index (χ4n) is 9.18. The second-order valence-corrected chi connectivity index (χ2v) is 12.0. The zero-order chi connectivity index (χ0) is 21.7. The Morgan fingerprint density at radius 2 is 1.80 bits per heavy atom. The molecule has 4 fully saturated rings. The van der Waals surface area contributed by atoms with E-state index in [1.807, 2.05) is 0 Å².